The van der Waals surface area contributed by atoms with Crippen molar-refractivity contribution < 1.29 is 0 Å². The third kappa shape index (κ3) is 4.06. The van der Waals surface area contributed by atoms with Crippen LogP contribution in [0.15, 0.2) is 18.3 Å². The Labute approximate surface area is 130 Å². The second-order valence-electron chi connectivity index (χ2n) is 6.51. The van der Waals surface area contributed by atoms with Gasteiger partial charge in [-0.2, -0.15) is 0 Å². The fraction of sp³-hybridized carbons (Fsp3) is 0.737. The topological polar surface area (TPSA) is 24.9 Å². The van der Waals surface area contributed by atoms with Gasteiger partial charge in [0, 0.05) is 23.9 Å². The Bertz CT molecular complexity index is 410. The van der Waals surface area contributed by atoms with E-state index in [9.17, 15) is 0 Å². The fourth-order valence-corrected chi connectivity index (χ4v) is 3.99. The average Bonchev–Trinajstić information content (AvgIpc) is 2.92. The minimum Gasteiger partial charge on any atom is -0.313 e. The van der Waals surface area contributed by atoms with E-state index in [0.29, 0.717) is 12.0 Å². The van der Waals surface area contributed by atoms with Gasteiger partial charge in [0.15, 0.2) is 0 Å². The van der Waals surface area contributed by atoms with Gasteiger partial charge in [-0.15, -0.1) is 0 Å². The molecule has 0 bridgehead atoms. The van der Waals surface area contributed by atoms with Crippen molar-refractivity contribution >= 4 is 0 Å². The van der Waals surface area contributed by atoms with Crippen molar-refractivity contribution in [3.63, 3.8) is 0 Å². The number of nitrogens with one attached hydrogen (secondary N) is 1. The van der Waals surface area contributed by atoms with Crippen molar-refractivity contribution in [3.05, 3.63) is 29.6 Å². The molecular formula is C19H32N2. The Morgan fingerprint density at radius 3 is 2.62 bits per heavy atom. The summed E-state index contributed by atoms with van der Waals surface area (Å²) in [6.45, 7) is 8.04. The summed E-state index contributed by atoms with van der Waals surface area (Å²) in [5.41, 5.74) is 2.86. The number of hydrogen-bond acceptors (Lipinski definition) is 2. The predicted octanol–water partition coefficient (Wildman–Crippen LogP) is 4.70. The molecule has 0 aliphatic heterocycles. The van der Waals surface area contributed by atoms with Gasteiger partial charge in [-0.25, -0.2) is 0 Å². The molecule has 2 unspecified atom stereocenters. The summed E-state index contributed by atoms with van der Waals surface area (Å²) in [6.07, 6.45) is 10.9. The van der Waals surface area contributed by atoms with Crippen LogP contribution < -0.4 is 5.32 Å². The molecule has 1 aliphatic rings. The zero-order valence-electron chi connectivity index (χ0n) is 14.1. The highest BCUT2D eigenvalue weighted by molar-refractivity contribution is 5.30. The highest BCUT2D eigenvalue weighted by Crippen LogP contribution is 2.38. The summed E-state index contributed by atoms with van der Waals surface area (Å²) in [5, 5.41) is 3.88. The molecule has 1 aromatic heterocycles. The molecule has 1 aliphatic carbocycles. The van der Waals surface area contributed by atoms with Gasteiger partial charge < -0.3 is 5.32 Å². The second-order valence-corrected chi connectivity index (χ2v) is 6.51. The van der Waals surface area contributed by atoms with Gasteiger partial charge in [0.2, 0.25) is 0 Å². The summed E-state index contributed by atoms with van der Waals surface area (Å²) in [4.78, 5) is 4.73. The minimum absolute atomic E-state index is 0.612. The van der Waals surface area contributed by atoms with Gasteiger partial charge in [-0.1, -0.05) is 39.7 Å². The van der Waals surface area contributed by atoms with Crippen molar-refractivity contribution in [1.29, 1.82) is 0 Å². The quantitative estimate of drug-likeness (QED) is 0.712. The molecule has 2 atom stereocenters. The number of pyridine rings is 1. The van der Waals surface area contributed by atoms with Crippen LogP contribution in [0.4, 0.5) is 0 Å². The molecule has 0 fully saturated rings. The summed E-state index contributed by atoms with van der Waals surface area (Å²) >= 11 is 0. The maximum atomic E-state index is 4.73. The van der Waals surface area contributed by atoms with Crippen molar-refractivity contribution in [2.75, 3.05) is 6.54 Å². The molecular weight excluding hydrogens is 256 g/mol. The first-order valence-corrected chi connectivity index (χ1v) is 8.98. The van der Waals surface area contributed by atoms with Crippen LogP contribution in [0, 0.1) is 5.92 Å². The molecule has 2 nitrogen and oxygen atoms in total. The Kier molecular flexibility index (Phi) is 6.69. The smallest absolute Gasteiger partial charge is 0.0482 e. The number of hydrogen-bond donors (Lipinski definition) is 1. The van der Waals surface area contributed by atoms with E-state index < -0.39 is 0 Å². The van der Waals surface area contributed by atoms with Crippen LogP contribution >= 0.6 is 0 Å². The fourth-order valence-electron chi connectivity index (χ4n) is 3.99. The molecule has 2 rings (SSSR count). The first-order valence-electron chi connectivity index (χ1n) is 8.98. The van der Waals surface area contributed by atoms with Gasteiger partial charge >= 0.3 is 0 Å². The minimum atomic E-state index is 0.612. The summed E-state index contributed by atoms with van der Waals surface area (Å²) < 4.78 is 0. The zero-order chi connectivity index (χ0) is 15.1. The Morgan fingerprint density at radius 1 is 1.19 bits per heavy atom. The van der Waals surface area contributed by atoms with Crippen LogP contribution in [0.2, 0.25) is 0 Å². The molecule has 0 amide bonds. The molecule has 1 aromatic rings. The van der Waals surface area contributed by atoms with Crippen molar-refractivity contribution in [1.82, 2.24) is 10.3 Å². The summed E-state index contributed by atoms with van der Waals surface area (Å²) in [5.74, 6) is 1.42. The van der Waals surface area contributed by atoms with Crippen molar-refractivity contribution in [3.8, 4) is 0 Å². The molecule has 0 saturated heterocycles. The SMILES string of the molecule is CCCNC(C(CCC)CCC)C1CCc2cccnc21. The maximum absolute atomic E-state index is 4.73. The van der Waals surface area contributed by atoms with Crippen LogP contribution in [0.25, 0.3) is 0 Å². The molecule has 0 spiro atoms. The van der Waals surface area contributed by atoms with E-state index in [-0.39, 0.29) is 0 Å². The van der Waals surface area contributed by atoms with E-state index in [2.05, 4.69) is 38.2 Å². The van der Waals surface area contributed by atoms with E-state index in [0.717, 1.165) is 12.5 Å². The molecule has 0 aromatic carbocycles. The Balaban J connectivity index is 2.19. The normalized spacial score (nSPS) is 19.0. The first-order chi connectivity index (χ1) is 10.3. The monoisotopic (exact) mass is 288 g/mol. The van der Waals surface area contributed by atoms with Gasteiger partial charge in [-0.3, -0.25) is 4.98 Å². The second kappa shape index (κ2) is 8.53. The van der Waals surface area contributed by atoms with E-state index in [1.165, 1.54) is 56.2 Å². The molecule has 1 N–H and O–H groups in total. The third-order valence-corrected chi connectivity index (χ3v) is 4.89. The van der Waals surface area contributed by atoms with Crippen molar-refractivity contribution in [2.45, 2.75) is 77.7 Å². The lowest BCUT2D eigenvalue weighted by atomic mass is 9.81. The summed E-state index contributed by atoms with van der Waals surface area (Å²) in [6, 6.07) is 4.97. The number of aryl methyl sites for hydroxylation is 1. The molecule has 1 heterocycles. The highest BCUT2D eigenvalue weighted by atomic mass is 14.9. The van der Waals surface area contributed by atoms with Gasteiger partial charge in [0.1, 0.15) is 0 Å². The van der Waals surface area contributed by atoms with Crippen LogP contribution in [0.3, 0.4) is 0 Å². The third-order valence-electron chi connectivity index (χ3n) is 4.89. The van der Waals surface area contributed by atoms with Crippen LogP contribution in [0.1, 0.15) is 76.5 Å². The average molecular weight is 288 g/mol. The maximum Gasteiger partial charge on any atom is 0.0482 e. The van der Waals surface area contributed by atoms with Crippen LogP contribution in [-0.2, 0) is 6.42 Å². The molecule has 2 heteroatoms. The first kappa shape index (κ1) is 16.5. The lowest BCUT2D eigenvalue weighted by molar-refractivity contribution is 0.269. The van der Waals surface area contributed by atoms with Crippen LogP contribution in [-0.4, -0.2) is 17.6 Å². The lowest BCUT2D eigenvalue weighted by Crippen LogP contribution is -2.41. The summed E-state index contributed by atoms with van der Waals surface area (Å²) in [7, 11) is 0. The molecule has 118 valence electrons. The van der Waals surface area contributed by atoms with Crippen molar-refractivity contribution in [2.24, 2.45) is 5.92 Å². The van der Waals surface area contributed by atoms with Crippen LogP contribution in [0.5, 0.6) is 0 Å². The number of nitrogens with zero attached hydrogens (tertiary/aromatic N) is 1. The highest BCUT2D eigenvalue weighted by Gasteiger charge is 2.34. The van der Waals surface area contributed by atoms with E-state index >= 15 is 0 Å². The number of aromatic nitrogens is 1. The van der Waals surface area contributed by atoms with E-state index in [1.54, 1.807) is 0 Å². The molecule has 0 radical (unpaired) electrons. The number of rotatable bonds is 9. The van der Waals surface area contributed by atoms with Gasteiger partial charge in [0.05, 0.1) is 0 Å². The zero-order valence-corrected chi connectivity index (χ0v) is 14.1. The molecule has 0 saturated carbocycles. The van der Waals surface area contributed by atoms with Gasteiger partial charge in [0.25, 0.3) is 0 Å². The lowest BCUT2D eigenvalue weighted by Gasteiger charge is -2.33. The van der Waals surface area contributed by atoms with E-state index in [1.807, 2.05) is 6.20 Å². The predicted molar refractivity (Wildman–Crippen MR) is 90.7 cm³/mol. The van der Waals surface area contributed by atoms with Gasteiger partial charge in [-0.05, 0) is 56.2 Å². The Morgan fingerprint density at radius 2 is 1.95 bits per heavy atom. The standard InChI is InChI=1S/C19H32N2/c1-4-8-15(9-5-2)18(20-13-6-3)17-12-11-16-10-7-14-21-19(16)17/h7,10,14-15,17-18,20H,4-6,8-9,11-13H2,1-3H3. The largest absolute Gasteiger partial charge is 0.313 e. The Hall–Kier alpha value is -0.890. The molecule has 21 heavy (non-hydrogen) atoms. The number of fused-ring (bicyclic) bond motifs is 1. The van der Waals surface area contributed by atoms with E-state index in [4.69, 9.17) is 4.98 Å².